The summed E-state index contributed by atoms with van der Waals surface area (Å²) >= 11 is 0. The van der Waals surface area contributed by atoms with Crippen molar-refractivity contribution in [2.75, 3.05) is 0 Å². The summed E-state index contributed by atoms with van der Waals surface area (Å²) in [5.41, 5.74) is -5.20. The van der Waals surface area contributed by atoms with Crippen molar-refractivity contribution in [3.8, 4) is 0 Å². The van der Waals surface area contributed by atoms with Crippen LogP contribution in [0.2, 0.25) is 0 Å². The largest absolute Gasteiger partial charge is 0.377 e. The highest BCUT2D eigenvalue weighted by Gasteiger charge is 2.58. The first-order chi connectivity index (χ1) is 17.6. The van der Waals surface area contributed by atoms with E-state index in [0.717, 1.165) is 29.5 Å². The minimum Gasteiger partial charge on any atom is -0.377 e. The standard InChI is InChI=1S/C25H18F4N4O3S/c26-17-10-11-20(22(27)12-17)24(34,14-32-16-30-15-31-32)25(28,29)21-13-33(23-9-5-4-8-19(21)23)37(35,36)18-6-2-1-3-7-18/h1-13,15-16,34H,14H2. The molecule has 1 unspecified atom stereocenters. The van der Waals surface area contributed by atoms with Gasteiger partial charge in [-0.1, -0.05) is 36.4 Å². The van der Waals surface area contributed by atoms with E-state index >= 15 is 8.78 Å². The average molecular weight is 531 g/mol. The number of fused-ring (bicyclic) bond motifs is 1. The molecule has 5 aromatic rings. The number of hydrogen-bond donors (Lipinski definition) is 1. The molecule has 1 atom stereocenters. The summed E-state index contributed by atoms with van der Waals surface area (Å²) in [6, 6.07) is 14.6. The Hall–Kier alpha value is -4.03. The maximum Gasteiger partial charge on any atom is 0.309 e. The van der Waals surface area contributed by atoms with E-state index in [-0.39, 0.29) is 15.8 Å². The molecular weight excluding hydrogens is 512 g/mol. The Balaban J connectivity index is 1.77. The Morgan fingerprint density at radius 1 is 0.919 bits per heavy atom. The third kappa shape index (κ3) is 3.98. The first-order valence-corrected chi connectivity index (χ1v) is 12.3. The van der Waals surface area contributed by atoms with E-state index in [1.165, 1.54) is 48.5 Å². The minimum absolute atomic E-state index is 0.0799. The molecule has 0 saturated carbocycles. The number of para-hydroxylation sites is 1. The number of aliphatic hydroxyl groups is 1. The van der Waals surface area contributed by atoms with Crippen molar-refractivity contribution >= 4 is 20.9 Å². The van der Waals surface area contributed by atoms with E-state index in [1.54, 1.807) is 6.07 Å². The van der Waals surface area contributed by atoms with Gasteiger partial charge in [0.25, 0.3) is 10.0 Å². The second-order valence-corrected chi connectivity index (χ2v) is 10.1. The van der Waals surface area contributed by atoms with Gasteiger partial charge in [-0.2, -0.15) is 13.9 Å². The molecule has 5 rings (SSSR count). The molecule has 37 heavy (non-hydrogen) atoms. The molecule has 0 saturated heterocycles. The van der Waals surface area contributed by atoms with Crippen molar-refractivity contribution in [1.29, 1.82) is 0 Å². The number of benzene rings is 3. The normalized spacial score (nSPS) is 14.1. The van der Waals surface area contributed by atoms with Crippen molar-refractivity contribution in [3.63, 3.8) is 0 Å². The van der Waals surface area contributed by atoms with Crippen molar-refractivity contribution in [3.05, 3.63) is 114 Å². The highest BCUT2D eigenvalue weighted by molar-refractivity contribution is 7.90. The Kier molecular flexibility index (Phi) is 5.88. The van der Waals surface area contributed by atoms with Crippen LogP contribution in [0.5, 0.6) is 0 Å². The zero-order valence-corrected chi connectivity index (χ0v) is 19.7. The van der Waals surface area contributed by atoms with Crippen molar-refractivity contribution in [2.45, 2.75) is 23.0 Å². The fourth-order valence-corrected chi connectivity index (χ4v) is 5.65. The maximum absolute atomic E-state index is 16.5. The number of rotatable bonds is 7. The van der Waals surface area contributed by atoms with Gasteiger partial charge in [0.2, 0.25) is 0 Å². The van der Waals surface area contributed by atoms with Crippen molar-refractivity contribution in [2.24, 2.45) is 0 Å². The van der Waals surface area contributed by atoms with Gasteiger partial charge in [-0.25, -0.2) is 30.8 Å². The first-order valence-electron chi connectivity index (χ1n) is 10.8. The van der Waals surface area contributed by atoms with Crippen LogP contribution in [0.15, 0.2) is 96.5 Å². The second-order valence-electron chi connectivity index (χ2n) is 8.33. The number of alkyl halides is 2. The number of aromatic nitrogens is 4. The molecule has 3 aromatic carbocycles. The van der Waals surface area contributed by atoms with Crippen molar-refractivity contribution in [1.82, 2.24) is 18.7 Å². The molecule has 0 amide bonds. The summed E-state index contributed by atoms with van der Waals surface area (Å²) in [6.45, 7) is -0.979. The Morgan fingerprint density at radius 2 is 1.62 bits per heavy atom. The van der Waals surface area contributed by atoms with E-state index < -0.39 is 50.9 Å². The zero-order chi connectivity index (χ0) is 26.4. The maximum atomic E-state index is 16.5. The van der Waals surface area contributed by atoms with E-state index in [9.17, 15) is 22.3 Å². The highest BCUT2D eigenvalue weighted by Crippen LogP contribution is 2.50. The summed E-state index contributed by atoms with van der Waals surface area (Å²) in [5, 5.41) is 15.1. The summed E-state index contributed by atoms with van der Waals surface area (Å²) in [5.74, 6) is -6.75. The molecule has 0 aliphatic carbocycles. The fourth-order valence-electron chi connectivity index (χ4n) is 4.26. The van der Waals surface area contributed by atoms with Gasteiger partial charge in [-0.3, -0.25) is 0 Å². The molecular formula is C25H18F4N4O3S. The van der Waals surface area contributed by atoms with Gasteiger partial charge in [0, 0.05) is 23.2 Å². The molecule has 0 radical (unpaired) electrons. The Morgan fingerprint density at radius 3 is 2.30 bits per heavy atom. The molecule has 0 aliphatic rings. The fraction of sp³-hybridized carbons (Fsp3) is 0.120. The lowest BCUT2D eigenvalue weighted by Crippen LogP contribution is -2.47. The van der Waals surface area contributed by atoms with E-state index in [2.05, 4.69) is 10.1 Å². The van der Waals surface area contributed by atoms with Crippen LogP contribution in [0.1, 0.15) is 11.1 Å². The molecule has 0 spiro atoms. The highest BCUT2D eigenvalue weighted by atomic mass is 32.2. The molecule has 0 fully saturated rings. The lowest BCUT2D eigenvalue weighted by Gasteiger charge is -2.36. The van der Waals surface area contributed by atoms with Crippen LogP contribution in [0.3, 0.4) is 0 Å². The van der Waals surface area contributed by atoms with Crippen LogP contribution >= 0.6 is 0 Å². The van der Waals surface area contributed by atoms with E-state index in [1.807, 2.05) is 0 Å². The third-order valence-corrected chi connectivity index (χ3v) is 7.76. The summed E-state index contributed by atoms with van der Waals surface area (Å²) in [6.07, 6.45) is 2.80. The van der Waals surface area contributed by atoms with Crippen LogP contribution in [0.4, 0.5) is 17.6 Å². The molecule has 0 aliphatic heterocycles. The number of nitrogens with zero attached hydrogens (tertiary/aromatic N) is 4. The van der Waals surface area contributed by atoms with Gasteiger partial charge >= 0.3 is 5.92 Å². The Labute approximate surface area is 208 Å². The van der Waals surface area contributed by atoms with Gasteiger partial charge in [-0.05, 0) is 30.3 Å². The average Bonchev–Trinajstić information content (AvgIpc) is 3.52. The summed E-state index contributed by atoms with van der Waals surface area (Å²) < 4.78 is 89.9. The topological polar surface area (TPSA) is 90.0 Å². The predicted molar refractivity (Wildman–Crippen MR) is 125 cm³/mol. The van der Waals surface area contributed by atoms with Crippen LogP contribution in [-0.2, 0) is 28.1 Å². The number of hydrogen-bond acceptors (Lipinski definition) is 5. The summed E-state index contributed by atoms with van der Waals surface area (Å²) in [7, 11) is -4.33. The Bertz CT molecular complexity index is 1690. The van der Waals surface area contributed by atoms with Crippen LogP contribution in [-0.4, -0.2) is 32.3 Å². The predicted octanol–water partition coefficient (Wildman–Crippen LogP) is 4.43. The van der Waals surface area contributed by atoms with E-state index in [4.69, 9.17) is 0 Å². The van der Waals surface area contributed by atoms with Crippen LogP contribution in [0, 0.1) is 11.6 Å². The minimum atomic E-state index is -4.33. The monoisotopic (exact) mass is 530 g/mol. The van der Waals surface area contributed by atoms with Crippen molar-refractivity contribution < 1.29 is 31.1 Å². The smallest absolute Gasteiger partial charge is 0.309 e. The molecule has 1 N–H and O–H groups in total. The molecule has 2 heterocycles. The third-order valence-electron chi connectivity index (χ3n) is 6.07. The molecule has 0 bridgehead atoms. The molecule has 7 nitrogen and oxygen atoms in total. The first kappa shape index (κ1) is 24.7. The molecule has 2 aromatic heterocycles. The molecule has 12 heteroatoms. The van der Waals surface area contributed by atoms with Gasteiger partial charge in [0.05, 0.1) is 22.5 Å². The zero-order valence-electron chi connectivity index (χ0n) is 18.8. The quantitative estimate of drug-likeness (QED) is 0.315. The van der Waals surface area contributed by atoms with E-state index in [0.29, 0.717) is 16.2 Å². The lowest BCUT2D eigenvalue weighted by molar-refractivity contribution is -0.204. The van der Waals surface area contributed by atoms with Crippen LogP contribution < -0.4 is 0 Å². The lowest BCUT2D eigenvalue weighted by atomic mass is 9.82. The van der Waals surface area contributed by atoms with Gasteiger partial charge in [0.1, 0.15) is 24.3 Å². The number of halogens is 4. The SMILES string of the molecule is O=S(=O)(c1ccccc1)n1cc(C(F)(F)C(O)(Cn2cncn2)c2ccc(F)cc2F)c2ccccc21. The second kappa shape index (κ2) is 8.82. The van der Waals surface area contributed by atoms with Gasteiger partial charge in [0.15, 0.2) is 5.60 Å². The summed E-state index contributed by atoms with van der Waals surface area (Å²) in [4.78, 5) is 3.52. The van der Waals surface area contributed by atoms with Gasteiger partial charge in [-0.15, -0.1) is 0 Å². The van der Waals surface area contributed by atoms with Crippen LogP contribution in [0.25, 0.3) is 10.9 Å². The molecule has 190 valence electrons. The van der Waals surface area contributed by atoms with Gasteiger partial charge < -0.3 is 5.11 Å².